The maximum Gasteiger partial charge on any atom is 0.0467 e. The molecule has 0 aliphatic carbocycles. The number of rotatable bonds is 7. The highest BCUT2D eigenvalue weighted by Crippen LogP contribution is 2.34. The number of para-hydroxylation sites is 2. The van der Waals surface area contributed by atoms with Crippen molar-refractivity contribution in [3.63, 3.8) is 0 Å². The molecule has 0 fully saturated rings. The van der Waals surface area contributed by atoms with Crippen molar-refractivity contribution >= 4 is 52.7 Å². The lowest BCUT2D eigenvalue weighted by Crippen LogP contribution is -2.09. The van der Waals surface area contributed by atoms with Crippen LogP contribution in [0.15, 0.2) is 121 Å². The first-order valence-corrected chi connectivity index (χ1v) is 12.6. The molecule has 5 rings (SSSR count). The lowest BCUT2D eigenvalue weighted by atomic mass is 10.1. The Balaban J connectivity index is 1.35. The molecule has 0 bridgehead atoms. The molecule has 0 aliphatic rings. The van der Waals surface area contributed by atoms with Gasteiger partial charge in [-0.2, -0.15) is 0 Å². The molecule has 0 aliphatic heterocycles. The maximum atomic E-state index is 2.29. The van der Waals surface area contributed by atoms with Crippen LogP contribution in [0, 0.1) is 6.92 Å². The largest absolute Gasteiger partial charge is 0.310 e. The summed E-state index contributed by atoms with van der Waals surface area (Å²) in [6, 6.07) is 42.6. The van der Waals surface area contributed by atoms with Gasteiger partial charge in [-0.05, 0) is 78.2 Å². The van der Waals surface area contributed by atoms with Gasteiger partial charge in [0.1, 0.15) is 0 Å². The summed E-state index contributed by atoms with van der Waals surface area (Å²) in [4.78, 5) is 4.91. The van der Waals surface area contributed by atoms with E-state index in [9.17, 15) is 0 Å². The van der Waals surface area contributed by atoms with Crippen LogP contribution in [0.3, 0.4) is 0 Å². The zero-order chi connectivity index (χ0) is 23.9. The minimum Gasteiger partial charge on any atom is -0.310 e. The molecule has 1 aromatic heterocycles. The molecule has 1 nitrogen and oxygen atoms in total. The van der Waals surface area contributed by atoms with Gasteiger partial charge in [0.05, 0.1) is 0 Å². The van der Waals surface area contributed by atoms with Crippen LogP contribution in [0.25, 0.3) is 24.3 Å². The lowest BCUT2D eigenvalue weighted by molar-refractivity contribution is 1.28. The molecule has 0 unspecified atom stereocenters. The SMILES string of the molecule is Cc1ccc(/C=C/c2ccc(/C=C/c3cccc(N(c4ccccc4)c4ccccc4)c3)cc2)s1. The van der Waals surface area contributed by atoms with Crippen LogP contribution in [0.1, 0.15) is 26.4 Å². The number of hydrogen-bond acceptors (Lipinski definition) is 2. The number of aryl methyl sites for hydroxylation is 1. The predicted octanol–water partition coefficient (Wildman–Crippen LogP) is 9.87. The Kier molecular flexibility index (Phi) is 7.02. The Morgan fingerprint density at radius 2 is 1.03 bits per heavy atom. The van der Waals surface area contributed by atoms with Crippen LogP contribution >= 0.6 is 11.3 Å². The second-order valence-corrected chi connectivity index (χ2v) is 9.70. The molecule has 2 heteroatoms. The molecule has 5 aromatic rings. The molecule has 0 N–H and O–H groups in total. The third kappa shape index (κ3) is 5.87. The van der Waals surface area contributed by atoms with Crippen molar-refractivity contribution < 1.29 is 0 Å². The van der Waals surface area contributed by atoms with E-state index in [4.69, 9.17) is 0 Å². The Hall–Kier alpha value is -4.14. The predicted molar refractivity (Wildman–Crippen MR) is 154 cm³/mol. The zero-order valence-corrected chi connectivity index (χ0v) is 20.5. The molecule has 0 amide bonds. The van der Waals surface area contributed by atoms with E-state index in [2.05, 4.69) is 157 Å². The summed E-state index contributed by atoms with van der Waals surface area (Å²) in [5.74, 6) is 0. The van der Waals surface area contributed by atoms with Gasteiger partial charge in [0.25, 0.3) is 0 Å². The van der Waals surface area contributed by atoms with Gasteiger partial charge in [-0.1, -0.05) is 91.0 Å². The minimum atomic E-state index is 1.13. The van der Waals surface area contributed by atoms with Gasteiger partial charge in [-0.25, -0.2) is 0 Å². The fourth-order valence-corrected chi connectivity index (χ4v) is 4.78. The van der Waals surface area contributed by atoms with Gasteiger partial charge in [-0.3, -0.25) is 0 Å². The van der Waals surface area contributed by atoms with E-state index < -0.39 is 0 Å². The molecule has 0 atom stereocenters. The third-order valence-corrected chi connectivity index (χ3v) is 6.73. The standard InChI is InChI=1S/C33H27NS/c1-26-15-23-33(35-26)24-22-28-18-16-27(17-19-28)20-21-29-9-8-14-32(25-29)34(30-10-4-2-5-11-30)31-12-6-3-7-13-31/h2-25H,1H3/b21-20+,24-22+. The molecule has 0 spiro atoms. The lowest BCUT2D eigenvalue weighted by Gasteiger charge is -2.25. The Labute approximate surface area is 212 Å². The van der Waals surface area contributed by atoms with Gasteiger partial charge in [0.2, 0.25) is 0 Å². The number of anilines is 3. The molecule has 0 saturated heterocycles. The summed E-state index contributed by atoms with van der Waals surface area (Å²) in [7, 11) is 0. The summed E-state index contributed by atoms with van der Waals surface area (Å²) < 4.78 is 0. The average molecular weight is 470 g/mol. The van der Waals surface area contributed by atoms with Crippen molar-refractivity contribution in [2.45, 2.75) is 6.92 Å². The number of nitrogens with zero attached hydrogens (tertiary/aromatic N) is 1. The van der Waals surface area contributed by atoms with E-state index in [1.54, 1.807) is 0 Å². The second kappa shape index (κ2) is 10.9. The summed E-state index contributed by atoms with van der Waals surface area (Å²) in [6.07, 6.45) is 8.70. The van der Waals surface area contributed by atoms with Crippen LogP contribution in [-0.2, 0) is 0 Å². The number of hydrogen-bond donors (Lipinski definition) is 0. The normalized spacial score (nSPS) is 11.3. The first kappa shape index (κ1) is 22.6. The van der Waals surface area contributed by atoms with Gasteiger partial charge in [0, 0.05) is 26.8 Å². The van der Waals surface area contributed by atoms with E-state index in [0.717, 1.165) is 22.6 Å². The quantitative estimate of drug-likeness (QED) is 0.214. The molecule has 170 valence electrons. The highest BCUT2D eigenvalue weighted by Gasteiger charge is 2.11. The Morgan fingerprint density at radius 1 is 0.486 bits per heavy atom. The Morgan fingerprint density at radius 3 is 1.60 bits per heavy atom. The second-order valence-electron chi connectivity index (χ2n) is 8.38. The van der Waals surface area contributed by atoms with E-state index in [1.807, 2.05) is 11.3 Å². The van der Waals surface area contributed by atoms with Crippen molar-refractivity contribution in [3.05, 3.63) is 148 Å². The number of thiophene rings is 1. The van der Waals surface area contributed by atoms with E-state index in [0.29, 0.717) is 0 Å². The van der Waals surface area contributed by atoms with Crippen LogP contribution in [0.4, 0.5) is 17.1 Å². The first-order valence-electron chi connectivity index (χ1n) is 11.8. The first-order chi connectivity index (χ1) is 17.2. The van der Waals surface area contributed by atoms with E-state index in [-0.39, 0.29) is 0 Å². The van der Waals surface area contributed by atoms with Crippen LogP contribution in [-0.4, -0.2) is 0 Å². The summed E-state index contributed by atoms with van der Waals surface area (Å²) in [5.41, 5.74) is 6.96. The van der Waals surface area contributed by atoms with Crippen molar-refractivity contribution in [1.29, 1.82) is 0 Å². The number of benzene rings is 4. The highest BCUT2D eigenvalue weighted by molar-refractivity contribution is 7.12. The molecule has 35 heavy (non-hydrogen) atoms. The minimum absolute atomic E-state index is 1.13. The average Bonchev–Trinajstić information content (AvgIpc) is 3.33. The van der Waals surface area contributed by atoms with Crippen LogP contribution in [0.2, 0.25) is 0 Å². The third-order valence-electron chi connectivity index (χ3n) is 5.76. The van der Waals surface area contributed by atoms with Gasteiger partial charge in [-0.15, -0.1) is 11.3 Å². The topological polar surface area (TPSA) is 3.24 Å². The monoisotopic (exact) mass is 469 g/mol. The van der Waals surface area contributed by atoms with Crippen molar-refractivity contribution in [1.82, 2.24) is 0 Å². The van der Waals surface area contributed by atoms with E-state index in [1.165, 1.54) is 20.9 Å². The van der Waals surface area contributed by atoms with Crippen LogP contribution < -0.4 is 4.90 Å². The van der Waals surface area contributed by atoms with Crippen molar-refractivity contribution in [2.24, 2.45) is 0 Å². The molecule has 1 heterocycles. The summed E-state index contributed by atoms with van der Waals surface area (Å²) in [5, 5.41) is 0. The molecular weight excluding hydrogens is 442 g/mol. The maximum absolute atomic E-state index is 2.29. The van der Waals surface area contributed by atoms with E-state index >= 15 is 0 Å². The van der Waals surface area contributed by atoms with Crippen LogP contribution in [0.5, 0.6) is 0 Å². The molecular formula is C33H27NS. The fourth-order valence-electron chi connectivity index (χ4n) is 4.00. The fraction of sp³-hybridized carbons (Fsp3) is 0.0303. The van der Waals surface area contributed by atoms with Gasteiger partial charge in [0.15, 0.2) is 0 Å². The smallest absolute Gasteiger partial charge is 0.0467 e. The summed E-state index contributed by atoms with van der Waals surface area (Å²) in [6.45, 7) is 2.14. The summed E-state index contributed by atoms with van der Waals surface area (Å²) >= 11 is 1.81. The zero-order valence-electron chi connectivity index (χ0n) is 19.7. The highest BCUT2D eigenvalue weighted by atomic mass is 32.1. The van der Waals surface area contributed by atoms with Gasteiger partial charge < -0.3 is 4.90 Å². The Bertz CT molecular complexity index is 1390. The molecule has 0 saturated carbocycles. The van der Waals surface area contributed by atoms with Crippen molar-refractivity contribution in [3.8, 4) is 0 Å². The molecule has 4 aromatic carbocycles. The molecule has 0 radical (unpaired) electrons. The van der Waals surface area contributed by atoms with Crippen molar-refractivity contribution in [2.75, 3.05) is 4.90 Å². The van der Waals surface area contributed by atoms with Gasteiger partial charge >= 0.3 is 0 Å².